The van der Waals surface area contributed by atoms with Gasteiger partial charge in [0.25, 0.3) is 0 Å². The van der Waals surface area contributed by atoms with Crippen LogP contribution in [0.1, 0.15) is 78.1 Å². The van der Waals surface area contributed by atoms with Gasteiger partial charge in [0, 0.05) is 6.42 Å². The Kier molecular flexibility index (Phi) is 3.60. The lowest BCUT2D eigenvalue weighted by Crippen LogP contribution is -2.54. The van der Waals surface area contributed by atoms with E-state index in [0.717, 1.165) is 42.9 Å². The summed E-state index contributed by atoms with van der Waals surface area (Å²) < 4.78 is 0. The van der Waals surface area contributed by atoms with Crippen LogP contribution in [0.4, 0.5) is 0 Å². The summed E-state index contributed by atoms with van der Waals surface area (Å²) in [5.74, 6) is 4.29. The van der Waals surface area contributed by atoms with E-state index in [1.54, 1.807) is 0 Å². The molecule has 0 bridgehead atoms. The normalized spacial score (nSPS) is 54.8. The van der Waals surface area contributed by atoms with Gasteiger partial charge in [-0.1, -0.05) is 19.4 Å². The summed E-state index contributed by atoms with van der Waals surface area (Å²) in [4.78, 5) is 11.9. The summed E-state index contributed by atoms with van der Waals surface area (Å²) in [6.07, 6.45) is 13.9. The molecule has 0 amide bonds. The maximum Gasteiger partial charge on any atom is 0.155 e. The summed E-state index contributed by atoms with van der Waals surface area (Å²) in [5, 5.41) is 10.6. The average Bonchev–Trinajstić information content (AvgIpc) is 2.88. The molecule has 0 saturated heterocycles. The number of hydrogen-bond donors (Lipinski definition) is 1. The molecule has 0 aromatic rings. The second-order valence-electron chi connectivity index (χ2n) is 10.6. The zero-order valence-corrected chi connectivity index (χ0v) is 16.0. The third kappa shape index (κ3) is 2.22. The highest BCUT2D eigenvalue weighted by Crippen LogP contribution is 2.67. The molecule has 8 unspecified atom stereocenters. The predicted octanol–water partition coefficient (Wildman–Crippen LogP) is 4.91. The first kappa shape index (κ1) is 16.5. The topological polar surface area (TPSA) is 37.3 Å². The Morgan fingerprint density at radius 3 is 2.64 bits per heavy atom. The molecule has 0 aliphatic heterocycles. The molecule has 2 heteroatoms. The van der Waals surface area contributed by atoms with E-state index in [1.165, 1.54) is 50.5 Å². The molecule has 0 radical (unpaired) electrons. The highest BCUT2D eigenvalue weighted by molar-refractivity contribution is 5.91. The molecule has 1 N–H and O–H groups in total. The summed E-state index contributed by atoms with van der Waals surface area (Å²) >= 11 is 0. The Labute approximate surface area is 152 Å². The zero-order chi connectivity index (χ0) is 17.4. The van der Waals surface area contributed by atoms with Crippen molar-refractivity contribution in [2.24, 2.45) is 40.4 Å². The molecular formula is C23H34O2. The molecule has 5 aliphatic rings. The summed E-state index contributed by atoms with van der Waals surface area (Å²) in [6, 6.07) is 0. The zero-order valence-electron chi connectivity index (χ0n) is 16.0. The summed E-state index contributed by atoms with van der Waals surface area (Å²) in [7, 11) is 0. The molecule has 2 nitrogen and oxygen atoms in total. The number of ketones is 1. The van der Waals surface area contributed by atoms with Crippen LogP contribution in [0.2, 0.25) is 0 Å². The van der Waals surface area contributed by atoms with Gasteiger partial charge in [-0.2, -0.15) is 0 Å². The first-order valence-electron chi connectivity index (χ1n) is 10.8. The fourth-order valence-electron chi connectivity index (χ4n) is 8.33. The molecule has 0 aromatic carbocycles. The fourth-order valence-corrected chi connectivity index (χ4v) is 8.33. The lowest BCUT2D eigenvalue weighted by atomic mass is 9.43. The van der Waals surface area contributed by atoms with Crippen LogP contribution in [0.5, 0.6) is 0 Å². The lowest BCUT2D eigenvalue weighted by molar-refractivity contribution is -0.125. The second kappa shape index (κ2) is 5.44. The minimum absolute atomic E-state index is 0.0609. The minimum atomic E-state index is -0.0609. The van der Waals surface area contributed by atoms with Gasteiger partial charge in [0.15, 0.2) is 5.78 Å². The third-order valence-electron chi connectivity index (χ3n) is 9.79. The van der Waals surface area contributed by atoms with Gasteiger partial charge in [-0.3, -0.25) is 4.79 Å². The number of aliphatic hydroxyl groups is 1. The average molecular weight is 343 g/mol. The Bertz CT molecular complexity index is 622. The molecule has 4 fully saturated rings. The predicted molar refractivity (Wildman–Crippen MR) is 98.9 cm³/mol. The van der Waals surface area contributed by atoms with E-state index >= 15 is 0 Å². The second-order valence-corrected chi connectivity index (χ2v) is 10.6. The van der Waals surface area contributed by atoms with Crippen LogP contribution in [0.25, 0.3) is 0 Å². The van der Waals surface area contributed by atoms with Crippen molar-refractivity contribution in [1.29, 1.82) is 0 Å². The molecule has 0 spiro atoms. The maximum absolute atomic E-state index is 11.9. The van der Waals surface area contributed by atoms with Crippen molar-refractivity contribution in [2.45, 2.75) is 84.2 Å². The quantitative estimate of drug-likeness (QED) is 0.679. The Balaban J connectivity index is 1.45. The Morgan fingerprint density at radius 2 is 1.80 bits per heavy atom. The largest absolute Gasteiger partial charge is 0.393 e. The van der Waals surface area contributed by atoms with Crippen LogP contribution >= 0.6 is 0 Å². The van der Waals surface area contributed by atoms with Crippen LogP contribution < -0.4 is 0 Å². The maximum atomic E-state index is 11.9. The van der Waals surface area contributed by atoms with Gasteiger partial charge in [0.1, 0.15) is 0 Å². The first-order valence-corrected chi connectivity index (χ1v) is 10.8. The molecular weight excluding hydrogens is 308 g/mol. The standard InChI is InChI=1S/C23H34O2/c1-22-10-9-20-18(19(22)7-8-21(22)25)6-4-16-11-15-12-17(24)5-3-14(15)13-23(16,20)2/h12,14,16,18-21,25H,3-11,13H2,1-2H3. The van der Waals surface area contributed by atoms with E-state index in [9.17, 15) is 9.90 Å². The van der Waals surface area contributed by atoms with Crippen molar-refractivity contribution in [3.05, 3.63) is 11.6 Å². The van der Waals surface area contributed by atoms with E-state index < -0.39 is 0 Å². The van der Waals surface area contributed by atoms with Gasteiger partial charge in [-0.25, -0.2) is 0 Å². The molecule has 5 aliphatic carbocycles. The smallest absolute Gasteiger partial charge is 0.155 e. The summed E-state index contributed by atoms with van der Waals surface area (Å²) in [5.41, 5.74) is 2.16. The van der Waals surface area contributed by atoms with E-state index in [2.05, 4.69) is 13.8 Å². The number of rotatable bonds is 0. The fraction of sp³-hybridized carbons (Fsp3) is 0.870. The van der Waals surface area contributed by atoms with Gasteiger partial charge in [-0.15, -0.1) is 0 Å². The van der Waals surface area contributed by atoms with Gasteiger partial charge in [0.05, 0.1) is 6.10 Å². The Morgan fingerprint density at radius 1 is 1.00 bits per heavy atom. The highest BCUT2D eigenvalue weighted by Gasteiger charge is 2.60. The number of allylic oxidation sites excluding steroid dienone is 2. The molecule has 8 atom stereocenters. The Hall–Kier alpha value is -0.630. The number of hydrogen-bond acceptors (Lipinski definition) is 2. The molecule has 5 rings (SSSR count). The van der Waals surface area contributed by atoms with Gasteiger partial charge in [0.2, 0.25) is 0 Å². The third-order valence-corrected chi connectivity index (χ3v) is 9.79. The van der Waals surface area contributed by atoms with E-state index in [4.69, 9.17) is 0 Å². The van der Waals surface area contributed by atoms with Crippen LogP contribution in [0.15, 0.2) is 11.6 Å². The van der Waals surface area contributed by atoms with Crippen LogP contribution in [-0.4, -0.2) is 17.0 Å². The molecule has 138 valence electrons. The minimum Gasteiger partial charge on any atom is -0.393 e. The SMILES string of the molecule is CC12CCC3C(CCC4CC5=CC(=O)CCC5CC43C)C1CCC2O. The van der Waals surface area contributed by atoms with Crippen molar-refractivity contribution < 1.29 is 9.90 Å². The van der Waals surface area contributed by atoms with Crippen molar-refractivity contribution in [3.8, 4) is 0 Å². The highest BCUT2D eigenvalue weighted by atomic mass is 16.3. The monoisotopic (exact) mass is 342 g/mol. The molecule has 0 heterocycles. The van der Waals surface area contributed by atoms with Crippen molar-refractivity contribution >= 4 is 5.78 Å². The number of carbonyl (C=O) groups is 1. The number of aliphatic hydroxyl groups excluding tert-OH is 1. The number of carbonyl (C=O) groups excluding carboxylic acids is 1. The van der Waals surface area contributed by atoms with Gasteiger partial charge in [-0.05, 0) is 104 Å². The van der Waals surface area contributed by atoms with Crippen molar-refractivity contribution in [3.63, 3.8) is 0 Å². The van der Waals surface area contributed by atoms with Crippen LogP contribution in [0.3, 0.4) is 0 Å². The van der Waals surface area contributed by atoms with Crippen LogP contribution in [-0.2, 0) is 4.79 Å². The number of fused-ring (bicyclic) bond motifs is 6. The molecule has 0 aromatic heterocycles. The van der Waals surface area contributed by atoms with Crippen molar-refractivity contribution in [2.75, 3.05) is 0 Å². The lowest BCUT2D eigenvalue weighted by Gasteiger charge is -2.61. The molecule has 4 saturated carbocycles. The van der Waals surface area contributed by atoms with Crippen LogP contribution in [0, 0.1) is 40.4 Å². The van der Waals surface area contributed by atoms with E-state index in [0.29, 0.717) is 17.1 Å². The summed E-state index contributed by atoms with van der Waals surface area (Å²) in [6.45, 7) is 4.99. The van der Waals surface area contributed by atoms with Gasteiger partial charge < -0.3 is 5.11 Å². The van der Waals surface area contributed by atoms with E-state index in [1.807, 2.05) is 6.08 Å². The van der Waals surface area contributed by atoms with Crippen molar-refractivity contribution in [1.82, 2.24) is 0 Å². The molecule has 25 heavy (non-hydrogen) atoms. The van der Waals surface area contributed by atoms with Gasteiger partial charge >= 0.3 is 0 Å². The first-order chi connectivity index (χ1) is 11.9. The van der Waals surface area contributed by atoms with E-state index in [-0.39, 0.29) is 11.5 Å².